The standard InChI is InChI=1S/C18H12ClFN4O3/c19-16-8-14(24(26)27)5-6-15(16)18(25)21-9-13-7-17(23-10-22-13)11-1-3-12(20)4-2-11/h1-8,10H,9H2,(H,21,25). The Bertz CT molecular complexity index is 1010. The van der Waals surface area contributed by atoms with Crippen molar-refractivity contribution in [2.75, 3.05) is 0 Å². The molecule has 7 nitrogen and oxygen atoms in total. The summed E-state index contributed by atoms with van der Waals surface area (Å²) in [5.41, 5.74) is 1.76. The molecule has 0 fully saturated rings. The molecule has 27 heavy (non-hydrogen) atoms. The number of nitrogens with one attached hydrogen (secondary N) is 1. The first-order valence-electron chi connectivity index (χ1n) is 7.73. The molecule has 3 aromatic rings. The van der Waals surface area contributed by atoms with Crippen LogP contribution in [0.25, 0.3) is 11.3 Å². The van der Waals surface area contributed by atoms with E-state index in [0.29, 0.717) is 17.0 Å². The average molecular weight is 387 g/mol. The van der Waals surface area contributed by atoms with E-state index in [-0.39, 0.29) is 28.6 Å². The molecular formula is C18H12ClFN4O3. The minimum atomic E-state index is -0.592. The van der Waals surface area contributed by atoms with Crippen molar-refractivity contribution in [1.82, 2.24) is 15.3 Å². The summed E-state index contributed by atoms with van der Waals surface area (Å²) in [5, 5.41) is 13.4. The first-order valence-corrected chi connectivity index (χ1v) is 8.11. The third-order valence-electron chi connectivity index (χ3n) is 3.70. The fourth-order valence-corrected chi connectivity index (χ4v) is 2.60. The monoisotopic (exact) mass is 386 g/mol. The van der Waals surface area contributed by atoms with Gasteiger partial charge in [-0.25, -0.2) is 14.4 Å². The molecule has 1 heterocycles. The van der Waals surface area contributed by atoms with E-state index in [1.54, 1.807) is 18.2 Å². The average Bonchev–Trinajstić information content (AvgIpc) is 2.66. The Hall–Kier alpha value is -3.39. The van der Waals surface area contributed by atoms with Gasteiger partial charge in [-0.3, -0.25) is 14.9 Å². The first-order chi connectivity index (χ1) is 12.9. The molecule has 0 saturated heterocycles. The molecule has 0 aliphatic rings. The summed E-state index contributed by atoms with van der Waals surface area (Å²) in [4.78, 5) is 30.6. The second-order valence-corrected chi connectivity index (χ2v) is 5.91. The fraction of sp³-hybridized carbons (Fsp3) is 0.0556. The zero-order chi connectivity index (χ0) is 19.4. The third-order valence-corrected chi connectivity index (χ3v) is 4.01. The summed E-state index contributed by atoms with van der Waals surface area (Å²) in [6.45, 7) is 0.100. The molecule has 0 saturated carbocycles. The zero-order valence-corrected chi connectivity index (χ0v) is 14.5. The normalized spacial score (nSPS) is 10.4. The lowest BCUT2D eigenvalue weighted by atomic mass is 10.1. The van der Waals surface area contributed by atoms with Crippen LogP contribution < -0.4 is 5.32 Å². The number of nitro benzene ring substituents is 1. The Kier molecular flexibility index (Phi) is 5.37. The maximum absolute atomic E-state index is 13.0. The maximum atomic E-state index is 13.0. The number of amides is 1. The van der Waals surface area contributed by atoms with Gasteiger partial charge in [0.15, 0.2) is 0 Å². The van der Waals surface area contributed by atoms with Gasteiger partial charge in [0.05, 0.1) is 33.4 Å². The van der Waals surface area contributed by atoms with Gasteiger partial charge in [0, 0.05) is 17.7 Å². The predicted octanol–water partition coefficient (Wildman–Crippen LogP) is 3.77. The van der Waals surface area contributed by atoms with Crippen molar-refractivity contribution >= 4 is 23.2 Å². The van der Waals surface area contributed by atoms with Gasteiger partial charge in [-0.1, -0.05) is 11.6 Å². The summed E-state index contributed by atoms with van der Waals surface area (Å²) in [7, 11) is 0. The maximum Gasteiger partial charge on any atom is 0.270 e. The van der Waals surface area contributed by atoms with Crippen LogP contribution in [0.4, 0.5) is 10.1 Å². The Morgan fingerprint density at radius 1 is 1.15 bits per heavy atom. The lowest BCUT2D eigenvalue weighted by Gasteiger charge is -2.07. The molecule has 0 aliphatic heterocycles. The number of carbonyl (C=O) groups is 1. The zero-order valence-electron chi connectivity index (χ0n) is 13.7. The van der Waals surface area contributed by atoms with Gasteiger partial charge in [-0.2, -0.15) is 0 Å². The third kappa shape index (κ3) is 4.42. The van der Waals surface area contributed by atoms with Crippen molar-refractivity contribution in [3.63, 3.8) is 0 Å². The molecule has 1 aromatic heterocycles. The van der Waals surface area contributed by atoms with Crippen LogP contribution in [-0.2, 0) is 6.54 Å². The Morgan fingerprint density at radius 3 is 2.56 bits per heavy atom. The molecule has 2 aromatic carbocycles. The topological polar surface area (TPSA) is 98.0 Å². The number of nitro groups is 1. The largest absolute Gasteiger partial charge is 0.346 e. The molecule has 3 rings (SSSR count). The number of nitrogens with zero attached hydrogens (tertiary/aromatic N) is 3. The van der Waals surface area contributed by atoms with Crippen LogP contribution in [0.15, 0.2) is 54.9 Å². The molecule has 0 spiro atoms. The van der Waals surface area contributed by atoms with Crippen LogP contribution in [0, 0.1) is 15.9 Å². The van der Waals surface area contributed by atoms with Crippen molar-refractivity contribution in [3.05, 3.63) is 87.1 Å². The van der Waals surface area contributed by atoms with Crippen molar-refractivity contribution in [1.29, 1.82) is 0 Å². The van der Waals surface area contributed by atoms with E-state index in [2.05, 4.69) is 15.3 Å². The number of hydrogen-bond donors (Lipinski definition) is 1. The molecule has 136 valence electrons. The first kappa shape index (κ1) is 18.4. The van der Waals surface area contributed by atoms with Gasteiger partial charge in [-0.05, 0) is 36.4 Å². The van der Waals surface area contributed by atoms with Gasteiger partial charge in [0.2, 0.25) is 0 Å². The second-order valence-electron chi connectivity index (χ2n) is 5.51. The Morgan fingerprint density at radius 2 is 1.89 bits per heavy atom. The van der Waals surface area contributed by atoms with Crippen molar-refractivity contribution < 1.29 is 14.1 Å². The van der Waals surface area contributed by atoms with Crippen LogP contribution in [0.1, 0.15) is 16.1 Å². The molecule has 0 atom stereocenters. The number of benzene rings is 2. The summed E-state index contributed by atoms with van der Waals surface area (Å²) in [5.74, 6) is -0.836. The molecule has 9 heteroatoms. The quantitative estimate of drug-likeness (QED) is 0.531. The van der Waals surface area contributed by atoms with E-state index >= 15 is 0 Å². The molecule has 0 unspecified atom stereocenters. The number of non-ortho nitro benzene ring substituents is 1. The van der Waals surface area contributed by atoms with Crippen LogP contribution in [0.2, 0.25) is 5.02 Å². The number of hydrogen-bond acceptors (Lipinski definition) is 5. The summed E-state index contributed by atoms with van der Waals surface area (Å²) in [6.07, 6.45) is 1.35. The highest BCUT2D eigenvalue weighted by Gasteiger charge is 2.15. The summed E-state index contributed by atoms with van der Waals surface area (Å²) >= 11 is 5.95. The van der Waals surface area contributed by atoms with Crippen molar-refractivity contribution in [2.24, 2.45) is 0 Å². The highest BCUT2D eigenvalue weighted by molar-refractivity contribution is 6.34. The summed E-state index contributed by atoms with van der Waals surface area (Å²) in [6, 6.07) is 11.1. The van der Waals surface area contributed by atoms with E-state index in [9.17, 15) is 19.3 Å². The highest BCUT2D eigenvalue weighted by atomic mass is 35.5. The van der Waals surface area contributed by atoms with E-state index in [1.807, 2.05) is 0 Å². The SMILES string of the molecule is O=C(NCc1cc(-c2ccc(F)cc2)ncn1)c1ccc([N+](=O)[O-])cc1Cl. The van der Waals surface area contributed by atoms with Gasteiger partial charge < -0.3 is 5.32 Å². The van der Waals surface area contributed by atoms with Gasteiger partial charge in [0.25, 0.3) is 11.6 Å². The number of halogens is 2. The van der Waals surface area contributed by atoms with E-state index in [1.165, 1.54) is 30.6 Å². The van der Waals surface area contributed by atoms with Crippen LogP contribution in [-0.4, -0.2) is 20.8 Å². The highest BCUT2D eigenvalue weighted by Crippen LogP contribution is 2.22. The lowest BCUT2D eigenvalue weighted by molar-refractivity contribution is -0.384. The van der Waals surface area contributed by atoms with Gasteiger partial charge in [0.1, 0.15) is 12.1 Å². The smallest absolute Gasteiger partial charge is 0.270 e. The molecular weight excluding hydrogens is 375 g/mol. The summed E-state index contributed by atoms with van der Waals surface area (Å²) < 4.78 is 13.0. The van der Waals surface area contributed by atoms with Crippen LogP contribution >= 0.6 is 11.6 Å². The van der Waals surface area contributed by atoms with Crippen molar-refractivity contribution in [2.45, 2.75) is 6.54 Å². The number of aromatic nitrogens is 2. The predicted molar refractivity (Wildman–Crippen MR) is 96.7 cm³/mol. The Balaban J connectivity index is 1.71. The minimum Gasteiger partial charge on any atom is -0.346 e. The fourth-order valence-electron chi connectivity index (χ4n) is 2.34. The molecule has 0 radical (unpaired) electrons. The minimum absolute atomic E-state index is 0.0172. The number of carbonyl (C=O) groups excluding carboxylic acids is 1. The molecule has 0 aliphatic carbocycles. The molecule has 1 N–H and O–H groups in total. The molecule has 0 bridgehead atoms. The Labute approximate surface area is 158 Å². The van der Waals surface area contributed by atoms with Crippen molar-refractivity contribution in [3.8, 4) is 11.3 Å². The van der Waals surface area contributed by atoms with E-state index < -0.39 is 10.8 Å². The van der Waals surface area contributed by atoms with Crippen LogP contribution in [0.5, 0.6) is 0 Å². The van der Waals surface area contributed by atoms with E-state index in [0.717, 1.165) is 6.07 Å². The number of rotatable bonds is 5. The van der Waals surface area contributed by atoms with Gasteiger partial charge in [-0.15, -0.1) is 0 Å². The second kappa shape index (κ2) is 7.88. The lowest BCUT2D eigenvalue weighted by Crippen LogP contribution is -2.23. The molecule has 1 amide bonds. The van der Waals surface area contributed by atoms with E-state index in [4.69, 9.17) is 11.6 Å². The van der Waals surface area contributed by atoms with Crippen LogP contribution in [0.3, 0.4) is 0 Å². The van der Waals surface area contributed by atoms with Gasteiger partial charge >= 0.3 is 0 Å².